The van der Waals surface area contributed by atoms with Gasteiger partial charge in [0.2, 0.25) is 10.0 Å². The Hall–Kier alpha value is -1.67. The second-order valence-corrected chi connectivity index (χ2v) is 7.77. The molecule has 1 saturated heterocycles. The molecular formula is C15H22N4O3S. The van der Waals surface area contributed by atoms with E-state index in [9.17, 15) is 8.42 Å². The molecule has 1 fully saturated rings. The Labute approximate surface area is 136 Å². The standard InChI is InChI=1S/C15H22N4O3S/c1-3-18-11-13(10-16-18)23(20,21)19-8-6-4-5-7-15(19)14-9-12(2)22-17-14/h9-11,15H,3-8H2,1-2H3/t15-/m0/s1. The second-order valence-electron chi connectivity index (χ2n) is 5.88. The van der Waals surface area contributed by atoms with Crippen molar-refractivity contribution < 1.29 is 12.9 Å². The van der Waals surface area contributed by atoms with Crippen molar-refractivity contribution in [1.29, 1.82) is 0 Å². The molecule has 0 aromatic carbocycles. The van der Waals surface area contributed by atoms with Gasteiger partial charge in [-0.2, -0.15) is 9.40 Å². The molecule has 126 valence electrons. The lowest BCUT2D eigenvalue weighted by atomic mass is 10.1. The molecule has 8 heteroatoms. The molecule has 0 bridgehead atoms. The summed E-state index contributed by atoms with van der Waals surface area (Å²) in [6.07, 6.45) is 6.63. The monoisotopic (exact) mass is 338 g/mol. The molecule has 0 saturated carbocycles. The summed E-state index contributed by atoms with van der Waals surface area (Å²) >= 11 is 0. The third kappa shape index (κ3) is 3.18. The normalized spacial score (nSPS) is 20.5. The SMILES string of the molecule is CCn1cc(S(=O)(=O)N2CCCCC[C@H]2c2cc(C)on2)cn1. The van der Waals surface area contributed by atoms with Crippen molar-refractivity contribution in [3.8, 4) is 0 Å². The van der Waals surface area contributed by atoms with E-state index in [1.54, 1.807) is 15.2 Å². The third-order valence-electron chi connectivity index (χ3n) is 4.23. The van der Waals surface area contributed by atoms with Crippen LogP contribution in [0.3, 0.4) is 0 Å². The van der Waals surface area contributed by atoms with Gasteiger partial charge in [0.1, 0.15) is 16.3 Å². The van der Waals surface area contributed by atoms with Gasteiger partial charge in [-0.05, 0) is 26.7 Å². The number of rotatable bonds is 4. The molecule has 23 heavy (non-hydrogen) atoms. The van der Waals surface area contributed by atoms with E-state index in [1.165, 1.54) is 6.20 Å². The molecule has 7 nitrogen and oxygen atoms in total. The first-order valence-electron chi connectivity index (χ1n) is 8.00. The lowest BCUT2D eigenvalue weighted by Gasteiger charge is -2.27. The Kier molecular flexibility index (Phi) is 4.54. The van der Waals surface area contributed by atoms with Crippen molar-refractivity contribution in [1.82, 2.24) is 19.2 Å². The summed E-state index contributed by atoms with van der Waals surface area (Å²) in [5, 5.41) is 8.16. The first kappa shape index (κ1) is 16.2. The number of hydrogen-bond acceptors (Lipinski definition) is 5. The van der Waals surface area contributed by atoms with Gasteiger partial charge in [-0.15, -0.1) is 0 Å². The van der Waals surface area contributed by atoms with Crippen LogP contribution in [0.15, 0.2) is 27.9 Å². The highest BCUT2D eigenvalue weighted by molar-refractivity contribution is 7.89. The topological polar surface area (TPSA) is 81.2 Å². The van der Waals surface area contributed by atoms with Crippen molar-refractivity contribution in [2.75, 3.05) is 6.54 Å². The lowest BCUT2D eigenvalue weighted by Crippen LogP contribution is -2.34. The first-order chi connectivity index (χ1) is 11.0. The Morgan fingerprint density at radius 1 is 1.35 bits per heavy atom. The molecule has 1 aliphatic heterocycles. The molecule has 0 spiro atoms. The van der Waals surface area contributed by atoms with Crippen molar-refractivity contribution in [2.24, 2.45) is 0 Å². The molecule has 3 rings (SSSR count). The summed E-state index contributed by atoms with van der Waals surface area (Å²) in [5.41, 5.74) is 0.691. The maximum atomic E-state index is 13.1. The van der Waals surface area contributed by atoms with E-state index < -0.39 is 10.0 Å². The van der Waals surface area contributed by atoms with E-state index in [1.807, 2.05) is 19.9 Å². The van der Waals surface area contributed by atoms with Crippen molar-refractivity contribution in [3.05, 3.63) is 29.9 Å². The summed E-state index contributed by atoms with van der Waals surface area (Å²) in [6.45, 7) is 4.88. The molecule has 2 aromatic heterocycles. The van der Waals surface area contributed by atoms with E-state index >= 15 is 0 Å². The number of sulfonamides is 1. The highest BCUT2D eigenvalue weighted by Crippen LogP contribution is 2.34. The van der Waals surface area contributed by atoms with Crippen molar-refractivity contribution >= 4 is 10.0 Å². The van der Waals surface area contributed by atoms with Crippen LogP contribution in [0.4, 0.5) is 0 Å². The highest BCUT2D eigenvalue weighted by atomic mass is 32.2. The summed E-state index contributed by atoms with van der Waals surface area (Å²) in [6, 6.07) is 1.55. The summed E-state index contributed by atoms with van der Waals surface area (Å²) < 4.78 is 34.5. The molecule has 0 unspecified atom stereocenters. The minimum atomic E-state index is -3.59. The largest absolute Gasteiger partial charge is 0.361 e. The van der Waals surface area contributed by atoms with Gasteiger partial charge in [-0.3, -0.25) is 4.68 Å². The van der Waals surface area contributed by atoms with Gasteiger partial charge in [-0.1, -0.05) is 18.0 Å². The van der Waals surface area contributed by atoms with Crippen LogP contribution >= 0.6 is 0 Å². The fourth-order valence-corrected chi connectivity index (χ4v) is 4.62. The molecular weight excluding hydrogens is 316 g/mol. The first-order valence-corrected chi connectivity index (χ1v) is 9.44. The Bertz CT molecular complexity index is 765. The van der Waals surface area contributed by atoms with Crippen LogP contribution in [0.2, 0.25) is 0 Å². The van der Waals surface area contributed by atoms with E-state index in [-0.39, 0.29) is 10.9 Å². The molecule has 0 aliphatic carbocycles. The lowest BCUT2D eigenvalue weighted by molar-refractivity contribution is 0.304. The zero-order valence-electron chi connectivity index (χ0n) is 13.5. The third-order valence-corrected chi connectivity index (χ3v) is 6.09. The van der Waals surface area contributed by atoms with E-state index in [0.29, 0.717) is 24.5 Å². The van der Waals surface area contributed by atoms with Crippen LogP contribution in [0.5, 0.6) is 0 Å². The summed E-state index contributed by atoms with van der Waals surface area (Å²) in [5.74, 6) is 0.695. The highest BCUT2D eigenvalue weighted by Gasteiger charge is 2.35. The quantitative estimate of drug-likeness (QED) is 0.855. The average Bonchev–Trinajstić information content (AvgIpc) is 3.10. The van der Waals surface area contributed by atoms with Gasteiger partial charge in [0, 0.05) is 25.4 Å². The number of aryl methyl sites for hydroxylation is 2. The number of aromatic nitrogens is 3. The van der Waals surface area contributed by atoms with Crippen LogP contribution < -0.4 is 0 Å². The average molecular weight is 338 g/mol. The van der Waals surface area contributed by atoms with Gasteiger partial charge in [-0.25, -0.2) is 8.42 Å². The van der Waals surface area contributed by atoms with Crippen LogP contribution in [-0.4, -0.2) is 34.2 Å². The van der Waals surface area contributed by atoms with Crippen molar-refractivity contribution in [3.63, 3.8) is 0 Å². The fourth-order valence-electron chi connectivity index (χ4n) is 2.99. The Morgan fingerprint density at radius 3 is 2.83 bits per heavy atom. The minimum absolute atomic E-state index is 0.242. The molecule has 3 heterocycles. The maximum Gasteiger partial charge on any atom is 0.246 e. The smallest absolute Gasteiger partial charge is 0.246 e. The maximum absolute atomic E-state index is 13.1. The summed E-state index contributed by atoms with van der Waals surface area (Å²) in [4.78, 5) is 0.242. The zero-order valence-corrected chi connectivity index (χ0v) is 14.3. The Balaban J connectivity index is 1.98. The molecule has 2 aromatic rings. The zero-order chi connectivity index (χ0) is 16.4. The minimum Gasteiger partial charge on any atom is -0.361 e. The molecule has 0 radical (unpaired) electrons. The molecule has 0 N–H and O–H groups in total. The van der Waals surface area contributed by atoms with E-state index in [0.717, 1.165) is 25.7 Å². The van der Waals surface area contributed by atoms with Crippen LogP contribution in [0.25, 0.3) is 0 Å². The van der Waals surface area contributed by atoms with E-state index in [2.05, 4.69) is 10.3 Å². The Morgan fingerprint density at radius 2 is 2.17 bits per heavy atom. The van der Waals surface area contributed by atoms with Gasteiger partial charge in [0.05, 0.1) is 12.2 Å². The molecule has 0 amide bonds. The van der Waals surface area contributed by atoms with Crippen LogP contribution in [0.1, 0.15) is 50.1 Å². The number of hydrogen-bond donors (Lipinski definition) is 0. The van der Waals surface area contributed by atoms with Gasteiger partial charge in [0.15, 0.2) is 0 Å². The number of nitrogens with zero attached hydrogens (tertiary/aromatic N) is 4. The predicted molar refractivity (Wildman–Crippen MR) is 84.2 cm³/mol. The van der Waals surface area contributed by atoms with Crippen molar-refractivity contribution in [2.45, 2.75) is 57.0 Å². The van der Waals surface area contributed by atoms with Gasteiger partial charge >= 0.3 is 0 Å². The van der Waals surface area contributed by atoms with Crippen LogP contribution in [-0.2, 0) is 16.6 Å². The summed E-state index contributed by atoms with van der Waals surface area (Å²) in [7, 11) is -3.59. The van der Waals surface area contributed by atoms with Gasteiger partial charge in [0.25, 0.3) is 0 Å². The molecule has 1 atom stereocenters. The fraction of sp³-hybridized carbons (Fsp3) is 0.600. The van der Waals surface area contributed by atoms with Crippen LogP contribution in [0, 0.1) is 6.92 Å². The predicted octanol–water partition coefficient (Wildman–Crippen LogP) is 2.51. The second kappa shape index (κ2) is 6.45. The molecule has 1 aliphatic rings. The van der Waals surface area contributed by atoms with E-state index in [4.69, 9.17) is 4.52 Å². The van der Waals surface area contributed by atoms with Gasteiger partial charge < -0.3 is 4.52 Å².